The summed E-state index contributed by atoms with van der Waals surface area (Å²) < 4.78 is 34.3. The minimum absolute atomic E-state index is 0.0528. The number of nitrogens with one attached hydrogen (secondary N) is 1. The second kappa shape index (κ2) is 8.99. The van der Waals surface area contributed by atoms with Crippen molar-refractivity contribution in [3.63, 3.8) is 0 Å². The maximum absolute atomic E-state index is 13.5. The molecule has 4 rings (SSSR count). The first kappa shape index (κ1) is 23.0. The van der Waals surface area contributed by atoms with Crippen LogP contribution in [0.4, 0.5) is 5.69 Å². The van der Waals surface area contributed by atoms with Gasteiger partial charge >= 0.3 is 0 Å². The fourth-order valence-corrected chi connectivity index (χ4v) is 6.36. The van der Waals surface area contributed by atoms with Crippen LogP contribution in [0, 0.1) is 12.8 Å². The van der Waals surface area contributed by atoms with E-state index >= 15 is 0 Å². The van der Waals surface area contributed by atoms with E-state index in [0.29, 0.717) is 55.9 Å². The predicted octanol–water partition coefficient (Wildman–Crippen LogP) is 1.28. The Labute approximate surface area is 189 Å². The van der Waals surface area contributed by atoms with Crippen LogP contribution in [0.25, 0.3) is 0 Å². The van der Waals surface area contributed by atoms with Crippen molar-refractivity contribution in [1.29, 1.82) is 0 Å². The average molecular weight is 465 g/mol. The van der Waals surface area contributed by atoms with Gasteiger partial charge in [0.05, 0.1) is 16.5 Å². The first-order chi connectivity index (χ1) is 15.2. The summed E-state index contributed by atoms with van der Waals surface area (Å²) in [7, 11) is -1.77. The smallest absolute Gasteiger partial charge is 0.265 e. The summed E-state index contributed by atoms with van der Waals surface area (Å²) in [6, 6.07) is 3.15. The second-order valence-electron chi connectivity index (χ2n) is 8.95. The maximum Gasteiger partial charge on any atom is 0.265 e. The van der Waals surface area contributed by atoms with Crippen LogP contribution >= 0.6 is 0 Å². The average Bonchev–Trinajstić information content (AvgIpc) is 2.78. The zero-order valence-electron chi connectivity index (χ0n) is 19.0. The van der Waals surface area contributed by atoms with Crippen molar-refractivity contribution in [2.75, 3.05) is 51.6 Å². The van der Waals surface area contributed by atoms with E-state index in [9.17, 15) is 18.0 Å². The van der Waals surface area contributed by atoms with Crippen LogP contribution < -0.4 is 10.1 Å². The lowest BCUT2D eigenvalue weighted by Crippen LogP contribution is -2.52. The first-order valence-electron chi connectivity index (χ1n) is 11.3. The molecule has 1 aromatic carbocycles. The van der Waals surface area contributed by atoms with Crippen LogP contribution in [0.3, 0.4) is 0 Å². The number of sulfonamides is 1. The fourth-order valence-electron chi connectivity index (χ4n) is 4.62. The molecule has 2 saturated heterocycles. The third-order valence-corrected chi connectivity index (χ3v) is 8.64. The van der Waals surface area contributed by atoms with Crippen molar-refractivity contribution in [3.8, 4) is 5.75 Å². The molecule has 10 heteroatoms. The van der Waals surface area contributed by atoms with Crippen molar-refractivity contribution in [2.24, 2.45) is 5.92 Å². The molecule has 0 bridgehead atoms. The zero-order valence-corrected chi connectivity index (χ0v) is 19.8. The van der Waals surface area contributed by atoms with Gasteiger partial charge in [-0.25, -0.2) is 8.42 Å². The SMILES string of the molecule is CC[C@@H]1Oc2cc(S(=O)(=O)N3CCC[C@@H](C(=O)N4CCN(C)CC4)C3)c(C)cc2NC1=O. The van der Waals surface area contributed by atoms with Gasteiger partial charge in [0, 0.05) is 45.3 Å². The van der Waals surface area contributed by atoms with E-state index in [1.807, 2.05) is 18.9 Å². The lowest BCUT2D eigenvalue weighted by Gasteiger charge is -2.37. The summed E-state index contributed by atoms with van der Waals surface area (Å²) in [6.07, 6.45) is 1.20. The number of aryl methyl sites for hydroxylation is 1. The number of hydrogen-bond donors (Lipinski definition) is 1. The van der Waals surface area contributed by atoms with Crippen molar-refractivity contribution in [2.45, 2.75) is 44.1 Å². The summed E-state index contributed by atoms with van der Waals surface area (Å²) in [6.45, 7) is 7.18. The Hall–Kier alpha value is -2.17. The van der Waals surface area contributed by atoms with E-state index in [1.165, 1.54) is 10.4 Å². The third-order valence-electron chi connectivity index (χ3n) is 6.63. The van der Waals surface area contributed by atoms with E-state index in [0.717, 1.165) is 13.1 Å². The summed E-state index contributed by atoms with van der Waals surface area (Å²) >= 11 is 0. The van der Waals surface area contributed by atoms with Gasteiger partial charge in [0.15, 0.2) is 6.10 Å². The standard InChI is InChI=1S/C22H32N4O5S/c1-4-18-21(27)23-17-12-15(2)20(13-19(17)31-18)32(29,30)26-7-5-6-16(14-26)22(28)25-10-8-24(3)9-11-25/h12-13,16,18H,4-11,14H2,1-3H3,(H,23,27)/t16-,18+/m1/s1. The van der Waals surface area contributed by atoms with Gasteiger partial charge in [-0.3, -0.25) is 9.59 Å². The summed E-state index contributed by atoms with van der Waals surface area (Å²) in [4.78, 5) is 29.3. The Bertz CT molecular complexity index is 1000. The molecule has 0 saturated carbocycles. The van der Waals surface area contributed by atoms with Crippen LogP contribution in [-0.4, -0.2) is 86.8 Å². The Morgan fingerprint density at radius 3 is 2.59 bits per heavy atom. The molecule has 176 valence electrons. The number of anilines is 1. The van der Waals surface area contributed by atoms with Crippen LogP contribution in [0.15, 0.2) is 17.0 Å². The molecule has 3 aliphatic heterocycles. The lowest BCUT2D eigenvalue weighted by atomic mass is 9.98. The number of carbonyl (C=O) groups is 2. The highest BCUT2D eigenvalue weighted by atomic mass is 32.2. The number of rotatable bonds is 4. The molecule has 3 aliphatic rings. The van der Waals surface area contributed by atoms with E-state index < -0.39 is 16.1 Å². The molecule has 2 amide bonds. The van der Waals surface area contributed by atoms with E-state index in [-0.39, 0.29) is 29.2 Å². The van der Waals surface area contributed by atoms with Crippen LogP contribution in [0.2, 0.25) is 0 Å². The summed E-state index contributed by atoms with van der Waals surface area (Å²) in [5.41, 5.74) is 1.02. The fraction of sp³-hybridized carbons (Fsp3) is 0.636. The summed E-state index contributed by atoms with van der Waals surface area (Å²) in [5, 5.41) is 2.80. The number of ether oxygens (including phenoxy) is 1. The van der Waals surface area contributed by atoms with Gasteiger partial charge in [-0.15, -0.1) is 0 Å². The molecule has 2 fully saturated rings. The van der Waals surface area contributed by atoms with Crippen molar-refractivity contribution >= 4 is 27.5 Å². The molecular weight excluding hydrogens is 432 g/mol. The number of carbonyl (C=O) groups excluding carboxylic acids is 2. The largest absolute Gasteiger partial charge is 0.478 e. The molecule has 0 aliphatic carbocycles. The van der Waals surface area contributed by atoms with Gasteiger partial charge in [0.2, 0.25) is 15.9 Å². The number of likely N-dealkylation sites (N-methyl/N-ethyl adjacent to an activating group) is 1. The van der Waals surface area contributed by atoms with Gasteiger partial charge in [-0.05, 0) is 44.9 Å². The molecular formula is C22H32N4O5S. The van der Waals surface area contributed by atoms with Crippen molar-refractivity contribution in [1.82, 2.24) is 14.1 Å². The number of fused-ring (bicyclic) bond motifs is 1. The number of benzene rings is 1. The molecule has 1 aromatic rings. The monoisotopic (exact) mass is 464 g/mol. The number of amides is 2. The second-order valence-corrected chi connectivity index (χ2v) is 10.9. The minimum Gasteiger partial charge on any atom is -0.478 e. The molecule has 9 nitrogen and oxygen atoms in total. The molecule has 0 radical (unpaired) electrons. The van der Waals surface area contributed by atoms with Gasteiger partial charge in [-0.2, -0.15) is 4.31 Å². The van der Waals surface area contributed by atoms with Gasteiger partial charge in [0.1, 0.15) is 5.75 Å². The van der Waals surface area contributed by atoms with Crippen LogP contribution in [0.5, 0.6) is 5.75 Å². The van der Waals surface area contributed by atoms with Crippen molar-refractivity contribution < 1.29 is 22.7 Å². The molecule has 32 heavy (non-hydrogen) atoms. The van der Waals surface area contributed by atoms with Gasteiger partial charge < -0.3 is 19.9 Å². The van der Waals surface area contributed by atoms with Gasteiger partial charge in [0.25, 0.3) is 5.91 Å². The zero-order chi connectivity index (χ0) is 23.0. The van der Waals surface area contributed by atoms with Crippen molar-refractivity contribution in [3.05, 3.63) is 17.7 Å². The third kappa shape index (κ3) is 4.35. The quantitative estimate of drug-likeness (QED) is 0.721. The highest BCUT2D eigenvalue weighted by Crippen LogP contribution is 2.36. The Morgan fingerprint density at radius 1 is 1.19 bits per heavy atom. The number of piperazine rings is 1. The van der Waals surface area contributed by atoms with Crippen LogP contribution in [0.1, 0.15) is 31.7 Å². The van der Waals surface area contributed by atoms with Gasteiger partial charge in [-0.1, -0.05) is 6.92 Å². The highest BCUT2D eigenvalue weighted by Gasteiger charge is 2.37. The molecule has 0 unspecified atom stereocenters. The topological polar surface area (TPSA) is 99.3 Å². The number of piperidine rings is 1. The van der Waals surface area contributed by atoms with E-state index in [1.54, 1.807) is 13.0 Å². The maximum atomic E-state index is 13.5. The Morgan fingerprint density at radius 2 is 1.91 bits per heavy atom. The number of nitrogens with zero attached hydrogens (tertiary/aromatic N) is 3. The Kier molecular flexibility index (Phi) is 6.46. The molecule has 0 aromatic heterocycles. The first-order valence-corrected chi connectivity index (χ1v) is 12.7. The lowest BCUT2D eigenvalue weighted by molar-refractivity contribution is -0.138. The Balaban J connectivity index is 1.54. The minimum atomic E-state index is -3.81. The van der Waals surface area contributed by atoms with E-state index in [4.69, 9.17) is 4.74 Å². The highest BCUT2D eigenvalue weighted by molar-refractivity contribution is 7.89. The molecule has 3 heterocycles. The number of hydrogen-bond acceptors (Lipinski definition) is 6. The molecule has 1 N–H and O–H groups in total. The molecule has 0 spiro atoms. The van der Waals surface area contributed by atoms with Crippen LogP contribution in [-0.2, 0) is 19.6 Å². The predicted molar refractivity (Wildman–Crippen MR) is 120 cm³/mol. The normalized spacial score (nSPS) is 25.1. The van der Waals surface area contributed by atoms with E-state index in [2.05, 4.69) is 10.2 Å². The molecule has 2 atom stereocenters. The summed E-state index contributed by atoms with van der Waals surface area (Å²) in [5.74, 6) is -0.129.